The van der Waals surface area contributed by atoms with Gasteiger partial charge in [0.1, 0.15) is 5.52 Å². The van der Waals surface area contributed by atoms with E-state index in [-0.39, 0.29) is 0 Å². The summed E-state index contributed by atoms with van der Waals surface area (Å²) in [7, 11) is 0. The Bertz CT molecular complexity index is 467. The summed E-state index contributed by atoms with van der Waals surface area (Å²) in [6, 6.07) is 5.52. The van der Waals surface area contributed by atoms with Crippen LogP contribution in [0.2, 0.25) is 0 Å². The number of nitrogen functional groups attached to an aromatic ring is 1. The van der Waals surface area contributed by atoms with E-state index < -0.39 is 0 Å². The van der Waals surface area contributed by atoms with Gasteiger partial charge in [0.2, 0.25) is 0 Å². The van der Waals surface area contributed by atoms with Crippen LogP contribution in [0.5, 0.6) is 0 Å². The fraction of sp³-hybridized carbons (Fsp3) is 0.364. The highest BCUT2D eigenvalue weighted by atomic mass is 32.2. The lowest BCUT2D eigenvalue weighted by Crippen LogP contribution is -1.91. The zero-order valence-corrected chi connectivity index (χ0v) is 9.67. The SMILES string of the molecule is CCC(C)Sc1nc2cc(N)ccc2o1. The number of benzene rings is 1. The van der Waals surface area contributed by atoms with E-state index in [4.69, 9.17) is 10.2 Å². The Labute approximate surface area is 93.0 Å². The van der Waals surface area contributed by atoms with Gasteiger partial charge in [0.05, 0.1) is 0 Å². The third-order valence-corrected chi connectivity index (χ3v) is 3.38. The molecule has 1 heterocycles. The molecule has 0 aliphatic heterocycles. The molecule has 0 aliphatic rings. The average Bonchev–Trinajstić information content (AvgIpc) is 2.59. The number of nitrogens with two attached hydrogens (primary N) is 1. The van der Waals surface area contributed by atoms with Gasteiger partial charge in [-0.25, -0.2) is 4.98 Å². The molecule has 0 spiro atoms. The number of fused-ring (bicyclic) bond motifs is 1. The number of aromatic nitrogens is 1. The monoisotopic (exact) mass is 222 g/mol. The van der Waals surface area contributed by atoms with Crippen LogP contribution in [0.4, 0.5) is 5.69 Å². The maximum atomic E-state index is 5.67. The molecular weight excluding hydrogens is 208 g/mol. The highest BCUT2D eigenvalue weighted by Gasteiger charge is 2.09. The Morgan fingerprint density at radius 2 is 2.33 bits per heavy atom. The molecule has 2 N–H and O–H groups in total. The van der Waals surface area contributed by atoms with E-state index in [0.717, 1.165) is 28.4 Å². The first kappa shape index (κ1) is 10.4. The molecule has 3 nitrogen and oxygen atoms in total. The van der Waals surface area contributed by atoms with Crippen molar-refractivity contribution in [3.8, 4) is 0 Å². The van der Waals surface area contributed by atoms with Crippen LogP contribution in [0.1, 0.15) is 20.3 Å². The van der Waals surface area contributed by atoms with Gasteiger partial charge in [-0.1, -0.05) is 25.6 Å². The topological polar surface area (TPSA) is 52.0 Å². The number of oxazole rings is 1. The summed E-state index contributed by atoms with van der Waals surface area (Å²) < 4.78 is 5.59. The molecule has 1 aromatic heterocycles. The van der Waals surface area contributed by atoms with E-state index in [0.29, 0.717) is 5.25 Å². The Morgan fingerprint density at radius 3 is 3.07 bits per heavy atom. The van der Waals surface area contributed by atoms with Gasteiger partial charge in [-0.2, -0.15) is 0 Å². The molecule has 0 saturated carbocycles. The lowest BCUT2D eigenvalue weighted by molar-refractivity contribution is 0.488. The molecule has 1 aromatic carbocycles. The van der Waals surface area contributed by atoms with Gasteiger partial charge in [-0.05, 0) is 24.6 Å². The quantitative estimate of drug-likeness (QED) is 0.639. The Balaban J connectivity index is 2.30. The summed E-state index contributed by atoms with van der Waals surface area (Å²) in [6.45, 7) is 4.31. The minimum atomic E-state index is 0.524. The average molecular weight is 222 g/mol. The van der Waals surface area contributed by atoms with Crippen molar-refractivity contribution in [1.29, 1.82) is 0 Å². The van der Waals surface area contributed by atoms with Gasteiger partial charge in [0.15, 0.2) is 5.58 Å². The van der Waals surface area contributed by atoms with Crippen LogP contribution in [0.15, 0.2) is 27.8 Å². The van der Waals surface area contributed by atoms with E-state index in [1.807, 2.05) is 18.2 Å². The summed E-state index contributed by atoms with van der Waals surface area (Å²) in [5.41, 5.74) is 8.03. The van der Waals surface area contributed by atoms with E-state index in [1.54, 1.807) is 11.8 Å². The lowest BCUT2D eigenvalue weighted by atomic mass is 10.3. The molecule has 0 saturated heterocycles. The van der Waals surface area contributed by atoms with Gasteiger partial charge < -0.3 is 10.2 Å². The minimum absolute atomic E-state index is 0.524. The van der Waals surface area contributed by atoms with Crippen molar-refractivity contribution in [3.05, 3.63) is 18.2 Å². The van der Waals surface area contributed by atoms with Crippen LogP contribution in [0.25, 0.3) is 11.1 Å². The van der Waals surface area contributed by atoms with Gasteiger partial charge in [-0.15, -0.1) is 0 Å². The fourth-order valence-corrected chi connectivity index (χ4v) is 2.03. The highest BCUT2D eigenvalue weighted by molar-refractivity contribution is 7.99. The molecule has 2 aromatic rings. The maximum absolute atomic E-state index is 5.67. The van der Waals surface area contributed by atoms with Crippen LogP contribution in [-0.2, 0) is 0 Å². The molecule has 0 radical (unpaired) electrons. The molecule has 80 valence electrons. The Kier molecular flexibility index (Phi) is 2.86. The van der Waals surface area contributed by atoms with E-state index in [1.165, 1.54) is 0 Å². The first-order chi connectivity index (χ1) is 7.19. The molecular formula is C11H14N2OS. The van der Waals surface area contributed by atoms with Crippen molar-refractivity contribution in [2.75, 3.05) is 5.73 Å². The van der Waals surface area contributed by atoms with Crippen LogP contribution in [-0.4, -0.2) is 10.2 Å². The van der Waals surface area contributed by atoms with E-state index in [9.17, 15) is 0 Å². The molecule has 0 fully saturated rings. The second kappa shape index (κ2) is 4.14. The van der Waals surface area contributed by atoms with Crippen molar-refractivity contribution in [1.82, 2.24) is 4.98 Å². The minimum Gasteiger partial charge on any atom is -0.431 e. The smallest absolute Gasteiger partial charge is 0.256 e. The number of rotatable bonds is 3. The summed E-state index contributed by atoms with van der Waals surface area (Å²) in [4.78, 5) is 4.38. The predicted molar refractivity (Wildman–Crippen MR) is 64.0 cm³/mol. The lowest BCUT2D eigenvalue weighted by Gasteiger charge is -2.01. The number of hydrogen-bond acceptors (Lipinski definition) is 4. The molecule has 0 aliphatic carbocycles. The largest absolute Gasteiger partial charge is 0.431 e. The summed E-state index contributed by atoms with van der Waals surface area (Å²) in [5.74, 6) is 0. The molecule has 1 atom stereocenters. The number of thioether (sulfide) groups is 1. The third kappa shape index (κ3) is 2.26. The second-order valence-corrected chi connectivity index (χ2v) is 4.93. The maximum Gasteiger partial charge on any atom is 0.256 e. The van der Waals surface area contributed by atoms with Crippen molar-refractivity contribution < 1.29 is 4.42 Å². The molecule has 2 rings (SSSR count). The van der Waals surface area contributed by atoms with Crippen molar-refractivity contribution >= 4 is 28.5 Å². The highest BCUT2D eigenvalue weighted by Crippen LogP contribution is 2.28. The van der Waals surface area contributed by atoms with Crippen molar-refractivity contribution in [3.63, 3.8) is 0 Å². The predicted octanol–water partition coefficient (Wildman–Crippen LogP) is 3.30. The normalized spacial score (nSPS) is 13.2. The van der Waals surface area contributed by atoms with Crippen molar-refractivity contribution in [2.45, 2.75) is 30.7 Å². The number of hydrogen-bond donors (Lipinski definition) is 1. The van der Waals surface area contributed by atoms with E-state index >= 15 is 0 Å². The molecule has 1 unspecified atom stereocenters. The summed E-state index contributed by atoms with van der Waals surface area (Å²) >= 11 is 1.66. The first-order valence-corrected chi connectivity index (χ1v) is 5.89. The van der Waals surface area contributed by atoms with E-state index in [2.05, 4.69) is 18.8 Å². The van der Waals surface area contributed by atoms with Crippen LogP contribution in [0.3, 0.4) is 0 Å². The zero-order chi connectivity index (χ0) is 10.8. The Hall–Kier alpha value is -1.16. The molecule has 0 bridgehead atoms. The standard InChI is InChI=1S/C11H14N2OS/c1-3-7(2)15-11-13-9-6-8(12)4-5-10(9)14-11/h4-7H,3,12H2,1-2H3. The summed E-state index contributed by atoms with van der Waals surface area (Å²) in [5, 5.41) is 1.25. The van der Waals surface area contributed by atoms with Crippen molar-refractivity contribution in [2.24, 2.45) is 0 Å². The number of nitrogens with zero attached hydrogens (tertiary/aromatic N) is 1. The first-order valence-electron chi connectivity index (χ1n) is 5.01. The van der Waals surface area contributed by atoms with Crippen LogP contribution < -0.4 is 5.73 Å². The van der Waals surface area contributed by atoms with Gasteiger partial charge in [-0.3, -0.25) is 0 Å². The van der Waals surface area contributed by atoms with Crippen LogP contribution >= 0.6 is 11.8 Å². The molecule has 4 heteroatoms. The third-order valence-electron chi connectivity index (χ3n) is 2.27. The summed E-state index contributed by atoms with van der Waals surface area (Å²) in [6.07, 6.45) is 1.10. The van der Waals surface area contributed by atoms with Gasteiger partial charge in [0, 0.05) is 10.9 Å². The van der Waals surface area contributed by atoms with Gasteiger partial charge >= 0.3 is 0 Å². The fourth-order valence-electron chi connectivity index (χ4n) is 1.23. The molecule has 15 heavy (non-hydrogen) atoms. The Morgan fingerprint density at radius 1 is 1.53 bits per heavy atom. The number of anilines is 1. The van der Waals surface area contributed by atoms with Crippen LogP contribution in [0, 0.1) is 0 Å². The zero-order valence-electron chi connectivity index (χ0n) is 8.86. The van der Waals surface area contributed by atoms with Gasteiger partial charge in [0.25, 0.3) is 5.22 Å². The second-order valence-electron chi connectivity index (χ2n) is 3.54. The molecule has 0 amide bonds.